The van der Waals surface area contributed by atoms with Gasteiger partial charge in [0.05, 0.1) is 6.54 Å². The average molecular weight is 219 g/mol. The van der Waals surface area contributed by atoms with Crippen LogP contribution in [0.1, 0.15) is 29.8 Å². The van der Waals surface area contributed by atoms with Crippen molar-refractivity contribution in [1.82, 2.24) is 4.90 Å². The first-order chi connectivity index (χ1) is 7.49. The minimum atomic E-state index is 0.182. The normalized spacial score (nSPS) is 11.1. The molecule has 0 radical (unpaired) electrons. The van der Waals surface area contributed by atoms with Crippen LogP contribution in [0.3, 0.4) is 0 Å². The number of Topliss-reactive ketones (excluding diaryl/α,β-unsaturated/α-hetero) is 1. The zero-order valence-corrected chi connectivity index (χ0v) is 10.7. The van der Waals surface area contributed by atoms with Gasteiger partial charge in [0.15, 0.2) is 5.78 Å². The van der Waals surface area contributed by atoms with Crippen molar-refractivity contribution < 1.29 is 4.79 Å². The van der Waals surface area contributed by atoms with Crippen molar-refractivity contribution >= 4 is 5.78 Å². The van der Waals surface area contributed by atoms with Crippen molar-refractivity contribution in [3.63, 3.8) is 0 Å². The fourth-order valence-corrected chi connectivity index (χ4v) is 1.68. The number of nitrogens with zero attached hydrogens (tertiary/aromatic N) is 1. The summed E-state index contributed by atoms with van der Waals surface area (Å²) >= 11 is 0. The molecule has 0 fully saturated rings. The van der Waals surface area contributed by atoms with Gasteiger partial charge in [-0.25, -0.2) is 0 Å². The third-order valence-electron chi connectivity index (χ3n) is 2.38. The van der Waals surface area contributed by atoms with Crippen molar-refractivity contribution in [2.45, 2.75) is 20.3 Å². The maximum Gasteiger partial charge on any atom is 0.176 e. The molecule has 0 saturated heterocycles. The van der Waals surface area contributed by atoms with Gasteiger partial charge in [-0.05, 0) is 32.0 Å². The Balaban J connectivity index is 2.67. The van der Waals surface area contributed by atoms with E-state index in [4.69, 9.17) is 0 Å². The molecular formula is C14H21NO. The molecule has 2 heteroatoms. The van der Waals surface area contributed by atoms with Crippen LogP contribution in [0.2, 0.25) is 0 Å². The lowest BCUT2D eigenvalue weighted by atomic mass is 10.0. The predicted molar refractivity (Wildman–Crippen MR) is 67.9 cm³/mol. The summed E-state index contributed by atoms with van der Waals surface area (Å²) in [5.74, 6) is 0.837. The molecular weight excluding hydrogens is 198 g/mol. The van der Waals surface area contributed by atoms with Crippen LogP contribution in [0.5, 0.6) is 0 Å². The Bertz CT molecular complexity index is 338. The molecule has 0 aromatic heterocycles. The number of benzene rings is 1. The first kappa shape index (κ1) is 12.9. The molecule has 0 heterocycles. The molecule has 0 bridgehead atoms. The molecule has 1 aromatic carbocycles. The van der Waals surface area contributed by atoms with Crippen molar-refractivity contribution in [2.75, 3.05) is 20.6 Å². The molecule has 88 valence electrons. The Morgan fingerprint density at radius 1 is 1.19 bits per heavy atom. The topological polar surface area (TPSA) is 20.3 Å². The van der Waals surface area contributed by atoms with Crippen LogP contribution in [-0.2, 0) is 6.42 Å². The minimum Gasteiger partial charge on any atom is -0.302 e. The molecule has 0 amide bonds. The number of rotatable bonds is 5. The molecule has 16 heavy (non-hydrogen) atoms. The molecule has 0 saturated carbocycles. The molecule has 0 aliphatic heterocycles. The summed E-state index contributed by atoms with van der Waals surface area (Å²) in [4.78, 5) is 13.6. The monoisotopic (exact) mass is 219 g/mol. The summed E-state index contributed by atoms with van der Waals surface area (Å²) < 4.78 is 0. The third-order valence-corrected chi connectivity index (χ3v) is 2.38. The molecule has 1 rings (SSSR count). The maximum atomic E-state index is 11.7. The van der Waals surface area contributed by atoms with Crippen molar-refractivity contribution in [1.29, 1.82) is 0 Å². The number of carbonyl (C=O) groups is 1. The zero-order valence-electron chi connectivity index (χ0n) is 10.7. The van der Waals surface area contributed by atoms with E-state index >= 15 is 0 Å². The molecule has 0 aliphatic carbocycles. The van der Waals surface area contributed by atoms with Gasteiger partial charge < -0.3 is 4.90 Å². The second-order valence-electron chi connectivity index (χ2n) is 4.96. The van der Waals surface area contributed by atoms with Crippen LogP contribution >= 0.6 is 0 Å². The van der Waals surface area contributed by atoms with E-state index in [2.05, 4.69) is 26.0 Å². The molecule has 0 N–H and O–H groups in total. The third kappa shape index (κ3) is 4.15. The lowest BCUT2D eigenvalue weighted by Gasteiger charge is -2.09. The number of likely N-dealkylation sites (N-methyl/N-ethyl adjacent to an activating group) is 1. The average Bonchev–Trinajstić information content (AvgIpc) is 2.16. The Labute approximate surface area is 98.3 Å². The van der Waals surface area contributed by atoms with E-state index in [1.165, 1.54) is 5.56 Å². The van der Waals surface area contributed by atoms with Crippen LogP contribution in [0, 0.1) is 5.92 Å². The predicted octanol–water partition coefficient (Wildman–Crippen LogP) is 2.63. The van der Waals surface area contributed by atoms with E-state index in [-0.39, 0.29) is 5.78 Å². The number of carbonyl (C=O) groups excluding carboxylic acids is 1. The second-order valence-corrected chi connectivity index (χ2v) is 4.96. The minimum absolute atomic E-state index is 0.182. The van der Waals surface area contributed by atoms with Crippen LogP contribution in [0.15, 0.2) is 24.3 Å². The summed E-state index contributed by atoms with van der Waals surface area (Å²) in [7, 11) is 3.82. The van der Waals surface area contributed by atoms with E-state index in [0.717, 1.165) is 12.0 Å². The molecule has 2 nitrogen and oxygen atoms in total. The summed E-state index contributed by atoms with van der Waals surface area (Å²) in [5.41, 5.74) is 2.11. The Morgan fingerprint density at radius 2 is 1.75 bits per heavy atom. The van der Waals surface area contributed by atoms with Crippen LogP contribution in [0.25, 0.3) is 0 Å². The molecule has 0 atom stereocenters. The fourth-order valence-electron chi connectivity index (χ4n) is 1.68. The summed E-state index contributed by atoms with van der Waals surface area (Å²) in [6.07, 6.45) is 1.07. The van der Waals surface area contributed by atoms with E-state index in [0.29, 0.717) is 12.5 Å². The van der Waals surface area contributed by atoms with Gasteiger partial charge in [0, 0.05) is 5.56 Å². The quantitative estimate of drug-likeness (QED) is 0.710. The van der Waals surface area contributed by atoms with Gasteiger partial charge in [-0.2, -0.15) is 0 Å². The van der Waals surface area contributed by atoms with Gasteiger partial charge in [0.25, 0.3) is 0 Å². The summed E-state index contributed by atoms with van der Waals surface area (Å²) in [5, 5.41) is 0. The van der Waals surface area contributed by atoms with Crippen LogP contribution in [0.4, 0.5) is 0 Å². The van der Waals surface area contributed by atoms with E-state index in [9.17, 15) is 4.79 Å². The van der Waals surface area contributed by atoms with Gasteiger partial charge in [0.1, 0.15) is 0 Å². The standard InChI is InChI=1S/C14H21NO/c1-11(2)9-12-5-7-13(8-6-12)14(16)10-15(3)4/h5-8,11H,9-10H2,1-4H3. The number of ketones is 1. The molecule has 1 aromatic rings. The van der Waals surface area contributed by atoms with Crippen molar-refractivity contribution in [3.8, 4) is 0 Å². The van der Waals surface area contributed by atoms with Crippen molar-refractivity contribution in [2.24, 2.45) is 5.92 Å². The smallest absolute Gasteiger partial charge is 0.176 e. The zero-order chi connectivity index (χ0) is 12.1. The molecule has 0 aliphatic rings. The Morgan fingerprint density at radius 3 is 2.19 bits per heavy atom. The van der Waals surface area contributed by atoms with Crippen LogP contribution < -0.4 is 0 Å². The van der Waals surface area contributed by atoms with Gasteiger partial charge in [0.2, 0.25) is 0 Å². The first-order valence-corrected chi connectivity index (χ1v) is 5.76. The van der Waals surface area contributed by atoms with Gasteiger partial charge >= 0.3 is 0 Å². The van der Waals surface area contributed by atoms with Gasteiger partial charge in [-0.1, -0.05) is 38.1 Å². The van der Waals surface area contributed by atoms with E-state index in [1.54, 1.807) is 0 Å². The SMILES string of the molecule is CC(C)Cc1ccc(C(=O)CN(C)C)cc1. The largest absolute Gasteiger partial charge is 0.302 e. The molecule has 0 spiro atoms. The van der Waals surface area contributed by atoms with Gasteiger partial charge in [-0.15, -0.1) is 0 Å². The van der Waals surface area contributed by atoms with Crippen molar-refractivity contribution in [3.05, 3.63) is 35.4 Å². The van der Waals surface area contributed by atoms with E-state index in [1.807, 2.05) is 31.1 Å². The lowest BCUT2D eigenvalue weighted by Crippen LogP contribution is -2.21. The second kappa shape index (κ2) is 5.80. The van der Waals surface area contributed by atoms with Crippen LogP contribution in [-0.4, -0.2) is 31.3 Å². The highest BCUT2D eigenvalue weighted by Crippen LogP contribution is 2.10. The first-order valence-electron chi connectivity index (χ1n) is 5.76. The number of hydrogen-bond acceptors (Lipinski definition) is 2. The lowest BCUT2D eigenvalue weighted by molar-refractivity contribution is 0.0958. The summed E-state index contributed by atoms with van der Waals surface area (Å²) in [6.45, 7) is 4.87. The fraction of sp³-hybridized carbons (Fsp3) is 0.500. The number of hydrogen-bond donors (Lipinski definition) is 0. The maximum absolute atomic E-state index is 11.7. The molecule has 0 unspecified atom stereocenters. The van der Waals surface area contributed by atoms with Gasteiger partial charge in [-0.3, -0.25) is 4.79 Å². The Hall–Kier alpha value is -1.15. The Kier molecular flexibility index (Phi) is 4.69. The highest BCUT2D eigenvalue weighted by Gasteiger charge is 2.06. The highest BCUT2D eigenvalue weighted by molar-refractivity contribution is 5.97. The highest BCUT2D eigenvalue weighted by atomic mass is 16.1. The summed E-state index contributed by atoms with van der Waals surface area (Å²) in [6, 6.07) is 7.98. The van der Waals surface area contributed by atoms with E-state index < -0.39 is 0 Å².